The van der Waals surface area contributed by atoms with Gasteiger partial charge in [-0.25, -0.2) is 0 Å². The Kier molecular flexibility index (Phi) is 5.63. The Hall–Kier alpha value is -1.71. The molecule has 0 aliphatic heterocycles. The van der Waals surface area contributed by atoms with Gasteiger partial charge in [0.15, 0.2) is 5.78 Å². The molecule has 5 rings (SSSR count). The number of allylic oxidation sites excluding steroid dienone is 2. The van der Waals surface area contributed by atoms with Crippen molar-refractivity contribution in [1.82, 2.24) is 0 Å². The molecule has 35 heavy (non-hydrogen) atoms. The molecule has 0 bridgehead atoms. The van der Waals surface area contributed by atoms with Gasteiger partial charge in [0.2, 0.25) is 0 Å². The zero-order valence-electron chi connectivity index (χ0n) is 22.7. The molecule has 0 saturated heterocycles. The van der Waals surface area contributed by atoms with E-state index in [9.17, 15) is 14.4 Å². The topological polar surface area (TPSA) is 60.4 Å². The number of Topliss-reactive ketones (excluding diaryl/α,β-unsaturated/α-hetero) is 1. The molecule has 0 amide bonds. The van der Waals surface area contributed by atoms with Crippen molar-refractivity contribution in [3.05, 3.63) is 23.3 Å². The summed E-state index contributed by atoms with van der Waals surface area (Å²) in [4.78, 5) is 37.5. The fourth-order valence-corrected chi connectivity index (χ4v) is 10.3. The fraction of sp³-hybridized carbons (Fsp3) is 0.774. The molecule has 4 nitrogen and oxygen atoms in total. The van der Waals surface area contributed by atoms with Gasteiger partial charge in [0.25, 0.3) is 0 Å². The molecule has 0 aromatic rings. The highest BCUT2D eigenvalue weighted by Gasteiger charge is 2.68. The Morgan fingerprint density at radius 1 is 1.00 bits per heavy atom. The summed E-state index contributed by atoms with van der Waals surface area (Å²) in [5, 5.41) is 0. The molecule has 0 spiro atoms. The number of fused-ring (bicyclic) bond motifs is 7. The van der Waals surface area contributed by atoms with Crippen molar-refractivity contribution in [3.63, 3.8) is 0 Å². The number of hydrogen-bond acceptors (Lipinski definition) is 4. The molecule has 4 fully saturated rings. The first kappa shape index (κ1) is 25.0. The maximum atomic E-state index is 13.2. The number of rotatable bonds is 3. The zero-order valence-corrected chi connectivity index (χ0v) is 22.7. The van der Waals surface area contributed by atoms with Crippen molar-refractivity contribution in [3.8, 4) is 0 Å². The molecule has 4 saturated carbocycles. The van der Waals surface area contributed by atoms with Crippen LogP contribution in [0.3, 0.4) is 0 Å². The highest BCUT2D eigenvalue weighted by molar-refractivity contribution is 6.03. The number of aldehydes is 1. The maximum Gasteiger partial charge on any atom is 0.303 e. The third kappa shape index (κ3) is 3.13. The molecule has 2 unspecified atom stereocenters. The lowest BCUT2D eigenvalue weighted by atomic mass is 9.34. The van der Waals surface area contributed by atoms with E-state index in [0.29, 0.717) is 24.2 Å². The predicted molar refractivity (Wildman–Crippen MR) is 136 cm³/mol. The summed E-state index contributed by atoms with van der Waals surface area (Å²) in [6, 6.07) is 0. The normalized spacial score (nSPS) is 47.1. The molecule has 0 aromatic heterocycles. The van der Waals surface area contributed by atoms with Crippen LogP contribution in [0.1, 0.15) is 99.3 Å². The van der Waals surface area contributed by atoms with Crippen LogP contribution >= 0.6 is 0 Å². The smallest absolute Gasteiger partial charge is 0.303 e. The minimum atomic E-state index is -0.554. The van der Waals surface area contributed by atoms with Crippen LogP contribution in [-0.4, -0.2) is 24.1 Å². The average Bonchev–Trinajstić information content (AvgIpc) is 3.09. The number of carbonyl (C=O) groups is 3. The average molecular weight is 481 g/mol. The Bertz CT molecular complexity index is 1020. The molecule has 5 aliphatic carbocycles. The van der Waals surface area contributed by atoms with Crippen LogP contribution in [-0.2, 0) is 19.1 Å². The van der Waals surface area contributed by atoms with Gasteiger partial charge in [-0.05, 0) is 108 Å². The first-order chi connectivity index (χ1) is 16.3. The molecule has 5 aliphatic rings. The van der Waals surface area contributed by atoms with E-state index in [2.05, 4.69) is 41.2 Å². The van der Waals surface area contributed by atoms with Crippen LogP contribution in [0.5, 0.6) is 0 Å². The Labute approximate surface area is 211 Å². The molecule has 8 atom stereocenters. The molecule has 0 N–H and O–H groups in total. The lowest BCUT2D eigenvalue weighted by molar-refractivity contribution is -0.191. The van der Waals surface area contributed by atoms with E-state index in [4.69, 9.17) is 4.74 Å². The first-order valence-electron chi connectivity index (χ1n) is 13.9. The number of carbonyl (C=O) groups excluding carboxylic acids is 3. The van der Waals surface area contributed by atoms with Crippen molar-refractivity contribution in [2.45, 2.75) is 105 Å². The van der Waals surface area contributed by atoms with Gasteiger partial charge in [-0.2, -0.15) is 0 Å². The second-order valence-corrected chi connectivity index (χ2v) is 13.7. The van der Waals surface area contributed by atoms with E-state index >= 15 is 0 Å². The number of ketones is 1. The van der Waals surface area contributed by atoms with E-state index in [1.54, 1.807) is 0 Å². The van der Waals surface area contributed by atoms with E-state index in [0.717, 1.165) is 68.8 Å². The van der Waals surface area contributed by atoms with Crippen molar-refractivity contribution >= 4 is 18.0 Å². The lowest BCUT2D eigenvalue weighted by Gasteiger charge is -2.70. The van der Waals surface area contributed by atoms with Crippen molar-refractivity contribution < 1.29 is 19.1 Å². The lowest BCUT2D eigenvalue weighted by Crippen LogP contribution is -2.63. The maximum absolute atomic E-state index is 13.2. The highest BCUT2D eigenvalue weighted by Crippen LogP contribution is 2.75. The van der Waals surface area contributed by atoms with Gasteiger partial charge in [-0.15, -0.1) is 0 Å². The van der Waals surface area contributed by atoms with E-state index in [1.807, 2.05) is 0 Å². The largest absolute Gasteiger partial charge is 0.458 e. The Morgan fingerprint density at radius 2 is 1.71 bits per heavy atom. The molecule has 0 aromatic carbocycles. The van der Waals surface area contributed by atoms with Crippen LogP contribution < -0.4 is 0 Å². The van der Waals surface area contributed by atoms with E-state index in [-0.39, 0.29) is 40.0 Å². The number of esters is 1. The van der Waals surface area contributed by atoms with Gasteiger partial charge in [-0.3, -0.25) is 9.59 Å². The summed E-state index contributed by atoms with van der Waals surface area (Å²) in [5.41, 5.74) is 3.14. The SMILES string of the molecule is C=C1C2CC[C@]3(C)[C@H](CCC4C5=C(C(C)C)C(=O)C[C@]5(C=O)CC[C@]43C)[C@@]2(C)CC[C@@H]1OC(C)=O. The Balaban J connectivity index is 1.55. The molecule has 0 heterocycles. The standard InChI is InChI=1S/C31H44O4/c1-18(2)26-23(34)16-31(17-32)15-14-29(6)22(27(26)31)8-9-25-28(5)12-11-24(35-20(4)33)19(3)21(28)10-13-30(25,29)7/h17-18,21-22,24-25H,3,8-16H2,1-2,4-7H3/t21?,22?,24-,25+,28-,29+,30+,31-/m0/s1. The summed E-state index contributed by atoms with van der Waals surface area (Å²) >= 11 is 0. The van der Waals surface area contributed by atoms with Gasteiger partial charge in [0, 0.05) is 13.3 Å². The predicted octanol–water partition coefficient (Wildman–Crippen LogP) is 6.63. The fourth-order valence-electron chi connectivity index (χ4n) is 10.3. The van der Waals surface area contributed by atoms with Crippen LogP contribution in [0.25, 0.3) is 0 Å². The number of hydrogen-bond donors (Lipinski definition) is 0. The third-order valence-electron chi connectivity index (χ3n) is 12.1. The van der Waals surface area contributed by atoms with Crippen molar-refractivity contribution in [1.29, 1.82) is 0 Å². The summed E-state index contributed by atoms with van der Waals surface area (Å²) < 4.78 is 5.67. The van der Waals surface area contributed by atoms with Gasteiger partial charge in [-0.1, -0.05) is 41.2 Å². The van der Waals surface area contributed by atoms with Crippen LogP contribution in [0, 0.1) is 45.3 Å². The van der Waals surface area contributed by atoms with Crippen LogP contribution in [0.2, 0.25) is 0 Å². The molecule has 192 valence electrons. The van der Waals surface area contributed by atoms with Gasteiger partial charge >= 0.3 is 5.97 Å². The molecule has 4 heteroatoms. The second-order valence-electron chi connectivity index (χ2n) is 13.7. The minimum absolute atomic E-state index is 0.0740. The molecule has 0 radical (unpaired) electrons. The summed E-state index contributed by atoms with van der Waals surface area (Å²) in [6.07, 6.45) is 9.54. The third-order valence-corrected chi connectivity index (χ3v) is 12.1. The number of ether oxygens (including phenoxy) is 1. The van der Waals surface area contributed by atoms with E-state index < -0.39 is 5.41 Å². The quantitative estimate of drug-likeness (QED) is 0.258. The van der Waals surface area contributed by atoms with Crippen LogP contribution in [0.15, 0.2) is 23.3 Å². The van der Waals surface area contributed by atoms with Gasteiger partial charge < -0.3 is 9.53 Å². The van der Waals surface area contributed by atoms with Crippen molar-refractivity contribution in [2.24, 2.45) is 45.3 Å². The summed E-state index contributed by atoms with van der Waals surface area (Å²) in [6.45, 7) is 17.7. The van der Waals surface area contributed by atoms with Crippen LogP contribution in [0.4, 0.5) is 0 Å². The summed E-state index contributed by atoms with van der Waals surface area (Å²) in [7, 11) is 0. The molecular weight excluding hydrogens is 436 g/mol. The van der Waals surface area contributed by atoms with E-state index in [1.165, 1.54) is 12.5 Å². The highest BCUT2D eigenvalue weighted by atomic mass is 16.5. The first-order valence-corrected chi connectivity index (χ1v) is 13.9. The molecular formula is C31H44O4. The zero-order chi connectivity index (χ0) is 25.6. The van der Waals surface area contributed by atoms with Crippen molar-refractivity contribution in [2.75, 3.05) is 0 Å². The van der Waals surface area contributed by atoms with Gasteiger partial charge in [0.1, 0.15) is 12.4 Å². The van der Waals surface area contributed by atoms with Gasteiger partial charge in [0.05, 0.1) is 5.41 Å². The second kappa shape index (κ2) is 7.89. The summed E-state index contributed by atoms with van der Waals surface area (Å²) in [5.74, 6) is 1.43. The minimum Gasteiger partial charge on any atom is -0.458 e. The monoisotopic (exact) mass is 480 g/mol. The Morgan fingerprint density at radius 3 is 2.34 bits per heavy atom.